The van der Waals surface area contributed by atoms with Crippen LogP contribution in [0.5, 0.6) is 11.6 Å². The van der Waals surface area contributed by atoms with Crippen LogP contribution < -0.4 is 25.6 Å². The highest BCUT2D eigenvalue weighted by atomic mass is 32.2. The second-order valence-electron chi connectivity index (χ2n) is 9.84. The number of carbonyl (C=O) groups is 3. The smallest absolute Gasteiger partial charge is 0.327 e. The van der Waals surface area contributed by atoms with Crippen LogP contribution in [-0.2, 0) is 9.59 Å². The van der Waals surface area contributed by atoms with E-state index in [4.69, 9.17) is 4.74 Å². The summed E-state index contributed by atoms with van der Waals surface area (Å²) >= 11 is 1.34. The van der Waals surface area contributed by atoms with Crippen LogP contribution in [0.3, 0.4) is 0 Å². The Labute approximate surface area is 235 Å². The van der Waals surface area contributed by atoms with Crippen LogP contribution in [0.1, 0.15) is 37.3 Å². The second kappa shape index (κ2) is 11.0. The van der Waals surface area contributed by atoms with E-state index in [1.807, 2.05) is 30.3 Å². The Morgan fingerprint density at radius 2 is 1.82 bits per heavy atom. The van der Waals surface area contributed by atoms with Gasteiger partial charge >= 0.3 is 6.03 Å². The number of aromatic nitrogens is 2. The number of para-hydroxylation sites is 1. The van der Waals surface area contributed by atoms with Crippen LogP contribution in [0, 0.1) is 0 Å². The molecule has 11 heteroatoms. The summed E-state index contributed by atoms with van der Waals surface area (Å²) in [5.41, 5.74) is 2.02. The Bertz CT molecular complexity index is 1450. The molecule has 0 bridgehead atoms. The Balaban J connectivity index is 1.21. The van der Waals surface area contributed by atoms with Gasteiger partial charge in [0.1, 0.15) is 16.0 Å². The van der Waals surface area contributed by atoms with Crippen LogP contribution in [0.25, 0.3) is 0 Å². The summed E-state index contributed by atoms with van der Waals surface area (Å²) in [6.07, 6.45) is 7.97. The largest absolute Gasteiger partial charge is 0.439 e. The first kappa shape index (κ1) is 25.9. The van der Waals surface area contributed by atoms with Gasteiger partial charge < -0.3 is 20.7 Å². The lowest BCUT2D eigenvalue weighted by Gasteiger charge is -2.35. The highest BCUT2D eigenvalue weighted by Crippen LogP contribution is 2.50. The summed E-state index contributed by atoms with van der Waals surface area (Å²) in [4.78, 5) is 49.4. The van der Waals surface area contributed by atoms with Gasteiger partial charge in [0.25, 0.3) is 0 Å². The number of carbonyl (C=O) groups excluding carboxylic acids is 3. The zero-order chi connectivity index (χ0) is 27.6. The molecule has 2 aliphatic heterocycles. The molecule has 4 atom stereocenters. The SMILES string of the molecule is C=CC(=O)N[C@@H]1CCCC[C@H]1NC(=O)C1Sc2nccc3c2C1NC(=O)N3c1ccc(Oc2ccccc2)nc1. The monoisotopic (exact) mass is 556 g/mol. The molecule has 1 fully saturated rings. The van der Waals surface area contributed by atoms with Crippen LogP contribution in [0.15, 0.2) is 78.6 Å². The molecule has 1 saturated carbocycles. The number of amides is 4. The number of nitrogens with zero attached hydrogens (tertiary/aromatic N) is 3. The molecule has 40 heavy (non-hydrogen) atoms. The number of pyridine rings is 2. The fourth-order valence-electron chi connectivity index (χ4n) is 5.44. The van der Waals surface area contributed by atoms with E-state index in [2.05, 4.69) is 32.5 Å². The Hall–Kier alpha value is -4.38. The molecule has 1 aliphatic carbocycles. The van der Waals surface area contributed by atoms with Crippen molar-refractivity contribution < 1.29 is 19.1 Å². The highest BCUT2D eigenvalue weighted by molar-refractivity contribution is 8.01. The summed E-state index contributed by atoms with van der Waals surface area (Å²) < 4.78 is 5.78. The quantitative estimate of drug-likeness (QED) is 0.369. The van der Waals surface area contributed by atoms with E-state index in [1.54, 1.807) is 35.5 Å². The van der Waals surface area contributed by atoms with E-state index in [0.29, 0.717) is 28.0 Å². The zero-order valence-electron chi connectivity index (χ0n) is 21.6. The van der Waals surface area contributed by atoms with E-state index in [-0.39, 0.29) is 29.9 Å². The Morgan fingerprint density at radius 3 is 2.55 bits per heavy atom. The van der Waals surface area contributed by atoms with Crippen LogP contribution in [0.4, 0.5) is 16.2 Å². The molecule has 4 amide bonds. The van der Waals surface area contributed by atoms with Crippen LogP contribution >= 0.6 is 11.8 Å². The molecule has 6 rings (SSSR count). The third-order valence-corrected chi connectivity index (χ3v) is 8.60. The Kier molecular flexibility index (Phi) is 7.12. The molecule has 2 unspecified atom stereocenters. The minimum absolute atomic E-state index is 0.163. The van der Waals surface area contributed by atoms with Crippen molar-refractivity contribution >= 4 is 41.0 Å². The van der Waals surface area contributed by atoms with Crippen molar-refractivity contribution in [2.45, 2.75) is 54.1 Å². The van der Waals surface area contributed by atoms with Gasteiger partial charge in [-0.15, -0.1) is 0 Å². The molecular weight excluding hydrogens is 528 g/mol. The van der Waals surface area contributed by atoms with Crippen LogP contribution in [0.2, 0.25) is 0 Å². The lowest BCUT2D eigenvalue weighted by molar-refractivity contribution is -0.123. The molecule has 204 valence electrons. The molecule has 0 spiro atoms. The molecule has 0 saturated heterocycles. The average molecular weight is 557 g/mol. The lowest BCUT2D eigenvalue weighted by atomic mass is 9.89. The molecular formula is C29H28N6O4S. The van der Waals surface area contributed by atoms with Gasteiger partial charge in [0.2, 0.25) is 17.7 Å². The molecule has 3 aromatic rings. The van der Waals surface area contributed by atoms with Crippen molar-refractivity contribution in [1.29, 1.82) is 0 Å². The summed E-state index contributed by atoms with van der Waals surface area (Å²) in [5, 5.41) is 9.21. The maximum atomic E-state index is 13.6. The van der Waals surface area contributed by atoms with Crippen molar-refractivity contribution in [3.63, 3.8) is 0 Å². The van der Waals surface area contributed by atoms with E-state index >= 15 is 0 Å². The molecule has 10 nitrogen and oxygen atoms in total. The topological polar surface area (TPSA) is 126 Å². The first-order valence-electron chi connectivity index (χ1n) is 13.2. The van der Waals surface area contributed by atoms with Gasteiger partial charge in [-0.2, -0.15) is 0 Å². The second-order valence-corrected chi connectivity index (χ2v) is 11.0. The maximum Gasteiger partial charge on any atom is 0.327 e. The lowest BCUT2D eigenvalue weighted by Crippen LogP contribution is -2.56. The van der Waals surface area contributed by atoms with Crippen molar-refractivity contribution in [1.82, 2.24) is 25.9 Å². The summed E-state index contributed by atoms with van der Waals surface area (Å²) in [5.74, 6) is 0.623. The number of benzene rings is 1. The van der Waals surface area contributed by atoms with Gasteiger partial charge in [0.05, 0.1) is 23.6 Å². The third kappa shape index (κ3) is 5.00. The number of hydrogen-bond acceptors (Lipinski definition) is 7. The van der Waals surface area contributed by atoms with Gasteiger partial charge in [-0.1, -0.05) is 49.4 Å². The average Bonchev–Trinajstić information content (AvgIpc) is 3.35. The van der Waals surface area contributed by atoms with Gasteiger partial charge in [-0.05, 0) is 43.2 Å². The number of thioether (sulfide) groups is 1. The Morgan fingerprint density at radius 1 is 1.05 bits per heavy atom. The predicted molar refractivity (Wildman–Crippen MR) is 151 cm³/mol. The standard InChI is InChI=1S/C29H28N6O4S/c1-2-22(36)32-19-10-6-7-11-20(19)33-27(37)26-25-24-21(14-15-30-28(24)40-26)35(29(38)34-25)17-12-13-23(31-16-17)39-18-8-4-3-5-9-18/h2-5,8-9,12-16,19-20,25-26H,1,6-7,10-11H2,(H,32,36)(H,33,37)(H,34,38)/t19-,20-,25?,26?/m1/s1. The molecule has 3 aliphatic rings. The summed E-state index contributed by atoms with van der Waals surface area (Å²) in [7, 11) is 0. The van der Waals surface area contributed by atoms with E-state index < -0.39 is 11.3 Å². The van der Waals surface area contributed by atoms with Crippen LogP contribution in [-0.4, -0.2) is 45.1 Å². The fourth-order valence-corrected chi connectivity index (χ4v) is 6.67. The minimum atomic E-state index is -0.591. The predicted octanol–water partition coefficient (Wildman–Crippen LogP) is 4.38. The molecule has 2 aromatic heterocycles. The third-order valence-electron chi connectivity index (χ3n) is 7.32. The first-order chi connectivity index (χ1) is 19.5. The fraction of sp³-hybridized carbons (Fsp3) is 0.276. The number of nitrogens with one attached hydrogen (secondary N) is 3. The molecule has 0 radical (unpaired) electrons. The molecule has 4 heterocycles. The van der Waals surface area contributed by atoms with E-state index in [1.165, 1.54) is 17.8 Å². The maximum absolute atomic E-state index is 13.6. The summed E-state index contributed by atoms with van der Waals surface area (Å²) in [6.45, 7) is 3.53. The minimum Gasteiger partial charge on any atom is -0.439 e. The number of hydrogen-bond donors (Lipinski definition) is 3. The van der Waals surface area contributed by atoms with Gasteiger partial charge in [-0.25, -0.2) is 14.8 Å². The normalized spacial score (nSPS) is 23.0. The highest BCUT2D eigenvalue weighted by Gasteiger charge is 2.47. The molecule has 3 N–H and O–H groups in total. The number of anilines is 2. The number of ether oxygens (including phenoxy) is 1. The van der Waals surface area contributed by atoms with Gasteiger partial charge in [0.15, 0.2) is 0 Å². The number of rotatable bonds is 7. The van der Waals surface area contributed by atoms with Crippen molar-refractivity contribution in [3.8, 4) is 11.6 Å². The number of urea groups is 1. The van der Waals surface area contributed by atoms with Crippen molar-refractivity contribution in [3.05, 3.63) is 79.1 Å². The van der Waals surface area contributed by atoms with Crippen molar-refractivity contribution in [2.75, 3.05) is 4.90 Å². The summed E-state index contributed by atoms with van der Waals surface area (Å²) in [6, 6.07) is 13.3. The van der Waals surface area contributed by atoms with E-state index in [0.717, 1.165) is 31.2 Å². The zero-order valence-corrected chi connectivity index (χ0v) is 22.4. The van der Waals surface area contributed by atoms with Crippen molar-refractivity contribution in [2.24, 2.45) is 0 Å². The van der Waals surface area contributed by atoms with E-state index in [9.17, 15) is 14.4 Å². The van der Waals surface area contributed by atoms with Gasteiger partial charge in [-0.3, -0.25) is 14.5 Å². The van der Waals surface area contributed by atoms with Gasteiger partial charge in [0, 0.05) is 29.9 Å². The first-order valence-corrected chi connectivity index (χ1v) is 14.1. The molecule has 1 aromatic carbocycles.